The van der Waals surface area contributed by atoms with Crippen LogP contribution in [0.25, 0.3) is 0 Å². The SMILES string of the molecule is CC/C=C\C/C=C\C/C=C\C/C=C\C/C=C\C/C=C\C/C=C\CCCCCC(=O)OCC(COC(=O)CCCCCCC/C=C\C/C=C\C/C=C\CC)OC(=O)CCCCCCCCC/C=C\C/C=C\CCCCC. The van der Waals surface area contributed by atoms with Gasteiger partial charge in [0.2, 0.25) is 0 Å². The summed E-state index contributed by atoms with van der Waals surface area (Å²) in [7, 11) is 0. The Morgan fingerprint density at radius 3 is 0.827 bits per heavy atom. The van der Waals surface area contributed by atoms with Gasteiger partial charge in [0.1, 0.15) is 13.2 Å². The second kappa shape index (κ2) is 61.8. The Morgan fingerprint density at radius 2 is 0.520 bits per heavy atom. The van der Waals surface area contributed by atoms with Crippen LogP contribution >= 0.6 is 0 Å². The second-order valence-electron chi connectivity index (χ2n) is 19.5. The minimum atomic E-state index is -0.811. The quantitative estimate of drug-likeness (QED) is 0.0261. The topological polar surface area (TPSA) is 78.9 Å². The molecule has 1 unspecified atom stereocenters. The number of rotatable bonds is 53. The van der Waals surface area contributed by atoms with Crippen LogP contribution in [0.4, 0.5) is 0 Å². The zero-order valence-electron chi connectivity index (χ0n) is 48.3. The number of esters is 3. The van der Waals surface area contributed by atoms with E-state index in [0.29, 0.717) is 19.3 Å². The molecule has 6 nitrogen and oxygen atoms in total. The predicted molar refractivity (Wildman–Crippen MR) is 325 cm³/mol. The standard InChI is InChI=1S/C69H110O6/c1-4-7-10-13-16-19-22-25-28-30-31-32-33-34-35-36-37-39-41-44-47-50-53-56-59-62-68(71)74-65-66(64-73-67(70)61-58-55-52-49-46-43-40-27-24-21-18-15-12-9-6-3)75-69(72)63-60-57-54-51-48-45-42-38-29-26-23-20-17-14-11-8-5-2/h7,9-10,12,16-21,25-29,31-32,34-35,37,39-40,44,47,66H,4-6,8,11,13-15,22-24,30,33,36,38,41-43,45-46,48-65H2,1-3H3/b10-7-,12-9-,19-16-,20-17-,21-18-,28-25-,29-26-,32-31-,35-34-,39-37-,40-27-,47-44-. The molecule has 1 atom stereocenters. The molecule has 0 aromatic carbocycles. The Balaban J connectivity index is 4.49. The van der Waals surface area contributed by atoms with Crippen LogP contribution in [-0.2, 0) is 28.6 Å². The molecule has 0 aliphatic rings. The third-order valence-corrected chi connectivity index (χ3v) is 12.3. The number of ether oxygens (including phenoxy) is 3. The lowest BCUT2D eigenvalue weighted by atomic mass is 10.1. The fourth-order valence-corrected chi connectivity index (χ4v) is 7.82. The first-order chi connectivity index (χ1) is 37.0. The highest BCUT2D eigenvalue weighted by Crippen LogP contribution is 2.14. The molecule has 75 heavy (non-hydrogen) atoms. The van der Waals surface area contributed by atoms with Crippen molar-refractivity contribution >= 4 is 17.9 Å². The Hall–Kier alpha value is -4.71. The number of hydrogen-bond donors (Lipinski definition) is 0. The van der Waals surface area contributed by atoms with E-state index in [-0.39, 0.29) is 31.1 Å². The van der Waals surface area contributed by atoms with Crippen molar-refractivity contribution in [3.05, 3.63) is 146 Å². The van der Waals surface area contributed by atoms with Crippen LogP contribution in [-0.4, -0.2) is 37.2 Å². The molecule has 0 amide bonds. The van der Waals surface area contributed by atoms with E-state index in [9.17, 15) is 14.4 Å². The number of carbonyl (C=O) groups is 3. The van der Waals surface area contributed by atoms with Crippen molar-refractivity contribution in [3.63, 3.8) is 0 Å². The molecule has 0 rings (SSSR count). The maximum absolute atomic E-state index is 12.9. The normalized spacial score (nSPS) is 13.2. The minimum Gasteiger partial charge on any atom is -0.462 e. The zero-order valence-corrected chi connectivity index (χ0v) is 48.3. The molecule has 0 aliphatic heterocycles. The van der Waals surface area contributed by atoms with Crippen LogP contribution in [0.5, 0.6) is 0 Å². The summed E-state index contributed by atoms with van der Waals surface area (Å²) < 4.78 is 16.9. The van der Waals surface area contributed by atoms with Gasteiger partial charge in [-0.05, 0) is 141 Å². The van der Waals surface area contributed by atoms with Gasteiger partial charge in [0.15, 0.2) is 6.10 Å². The molecular weight excluding hydrogens is 925 g/mol. The molecule has 0 aromatic rings. The lowest BCUT2D eigenvalue weighted by molar-refractivity contribution is -0.167. The molecule has 0 N–H and O–H groups in total. The molecule has 0 heterocycles. The van der Waals surface area contributed by atoms with Crippen LogP contribution in [0.2, 0.25) is 0 Å². The lowest BCUT2D eigenvalue weighted by Crippen LogP contribution is -2.30. The molecule has 0 aliphatic carbocycles. The van der Waals surface area contributed by atoms with E-state index in [2.05, 4.69) is 167 Å². The molecule has 0 spiro atoms. The molecule has 0 saturated heterocycles. The number of hydrogen-bond acceptors (Lipinski definition) is 6. The van der Waals surface area contributed by atoms with Gasteiger partial charge >= 0.3 is 17.9 Å². The van der Waals surface area contributed by atoms with Crippen molar-refractivity contribution in [1.29, 1.82) is 0 Å². The van der Waals surface area contributed by atoms with Crippen LogP contribution in [0.1, 0.15) is 252 Å². The van der Waals surface area contributed by atoms with Crippen molar-refractivity contribution < 1.29 is 28.6 Å². The van der Waals surface area contributed by atoms with Gasteiger partial charge < -0.3 is 14.2 Å². The fourth-order valence-electron chi connectivity index (χ4n) is 7.82. The zero-order chi connectivity index (χ0) is 54.3. The summed E-state index contributed by atoms with van der Waals surface area (Å²) in [6, 6.07) is 0. The molecule has 422 valence electrons. The third kappa shape index (κ3) is 60.0. The maximum Gasteiger partial charge on any atom is 0.306 e. The molecule has 0 radical (unpaired) electrons. The predicted octanol–water partition coefficient (Wildman–Crippen LogP) is 20.8. The van der Waals surface area contributed by atoms with Crippen molar-refractivity contribution in [2.45, 2.75) is 258 Å². The van der Waals surface area contributed by atoms with Crippen molar-refractivity contribution in [2.75, 3.05) is 13.2 Å². The average molecular weight is 1040 g/mol. The summed E-state index contributed by atoms with van der Waals surface area (Å²) in [6.45, 7) is 6.33. The van der Waals surface area contributed by atoms with Gasteiger partial charge in [-0.3, -0.25) is 14.4 Å². The molecule has 0 saturated carbocycles. The van der Waals surface area contributed by atoms with Crippen molar-refractivity contribution in [3.8, 4) is 0 Å². The van der Waals surface area contributed by atoms with Gasteiger partial charge in [-0.25, -0.2) is 0 Å². The highest BCUT2D eigenvalue weighted by Gasteiger charge is 2.19. The first-order valence-corrected chi connectivity index (χ1v) is 30.3. The van der Waals surface area contributed by atoms with E-state index in [1.807, 2.05) is 0 Å². The fraction of sp³-hybridized carbons (Fsp3) is 0.609. The molecule has 6 heteroatoms. The van der Waals surface area contributed by atoms with Gasteiger partial charge in [0.25, 0.3) is 0 Å². The van der Waals surface area contributed by atoms with Gasteiger partial charge in [-0.15, -0.1) is 0 Å². The molecular formula is C69H110O6. The van der Waals surface area contributed by atoms with Crippen molar-refractivity contribution in [2.24, 2.45) is 0 Å². The average Bonchev–Trinajstić information content (AvgIpc) is 3.41. The monoisotopic (exact) mass is 1030 g/mol. The first-order valence-electron chi connectivity index (χ1n) is 30.3. The Bertz CT molecular complexity index is 1660. The van der Waals surface area contributed by atoms with E-state index in [1.165, 1.54) is 51.4 Å². The van der Waals surface area contributed by atoms with Gasteiger partial charge in [-0.2, -0.15) is 0 Å². The lowest BCUT2D eigenvalue weighted by Gasteiger charge is -2.18. The smallest absolute Gasteiger partial charge is 0.306 e. The van der Waals surface area contributed by atoms with E-state index in [1.54, 1.807) is 0 Å². The highest BCUT2D eigenvalue weighted by molar-refractivity contribution is 5.71. The van der Waals surface area contributed by atoms with Gasteiger partial charge in [0.05, 0.1) is 0 Å². The van der Waals surface area contributed by atoms with Crippen molar-refractivity contribution in [1.82, 2.24) is 0 Å². The van der Waals surface area contributed by atoms with Crippen LogP contribution in [0.15, 0.2) is 146 Å². The summed E-state index contributed by atoms with van der Waals surface area (Å²) in [4.78, 5) is 38.3. The van der Waals surface area contributed by atoms with E-state index in [4.69, 9.17) is 14.2 Å². The number of carbonyl (C=O) groups excluding carboxylic acids is 3. The van der Waals surface area contributed by atoms with Gasteiger partial charge in [-0.1, -0.05) is 237 Å². The summed E-state index contributed by atoms with van der Waals surface area (Å²) in [5.74, 6) is -0.967. The summed E-state index contributed by atoms with van der Waals surface area (Å²) in [6.07, 6.45) is 88.4. The van der Waals surface area contributed by atoms with E-state index in [0.717, 1.165) is 161 Å². The van der Waals surface area contributed by atoms with Crippen LogP contribution in [0, 0.1) is 0 Å². The Kier molecular flexibility index (Phi) is 58.0. The number of allylic oxidation sites excluding steroid dienone is 24. The van der Waals surface area contributed by atoms with Gasteiger partial charge in [0, 0.05) is 19.3 Å². The van der Waals surface area contributed by atoms with E-state index >= 15 is 0 Å². The Labute approximate surface area is 461 Å². The largest absolute Gasteiger partial charge is 0.462 e. The summed E-state index contributed by atoms with van der Waals surface area (Å²) in [5.41, 5.74) is 0. The minimum absolute atomic E-state index is 0.106. The molecule has 0 bridgehead atoms. The second-order valence-corrected chi connectivity index (χ2v) is 19.5. The third-order valence-electron chi connectivity index (χ3n) is 12.3. The Morgan fingerprint density at radius 1 is 0.280 bits per heavy atom. The molecule has 0 aromatic heterocycles. The molecule has 0 fully saturated rings. The maximum atomic E-state index is 12.9. The highest BCUT2D eigenvalue weighted by atomic mass is 16.6. The van der Waals surface area contributed by atoms with Crippen LogP contribution < -0.4 is 0 Å². The summed E-state index contributed by atoms with van der Waals surface area (Å²) in [5, 5.41) is 0. The van der Waals surface area contributed by atoms with E-state index < -0.39 is 6.10 Å². The summed E-state index contributed by atoms with van der Waals surface area (Å²) >= 11 is 0. The number of unbranched alkanes of at least 4 members (excludes halogenated alkanes) is 18. The van der Waals surface area contributed by atoms with Crippen LogP contribution in [0.3, 0.4) is 0 Å². The first kappa shape index (κ1) is 70.3.